The smallest absolute Gasteiger partial charge is 0.251 e. The van der Waals surface area contributed by atoms with E-state index in [1.165, 1.54) is 7.11 Å². The first-order valence-electron chi connectivity index (χ1n) is 4.40. The molecule has 0 bridgehead atoms. The zero-order valence-corrected chi connectivity index (χ0v) is 8.33. The number of hydrogen-bond donors (Lipinski definition) is 2. The molecule has 0 atom stereocenters. The van der Waals surface area contributed by atoms with Crippen molar-refractivity contribution in [1.29, 1.82) is 0 Å². The van der Waals surface area contributed by atoms with Crippen LogP contribution in [0.25, 0.3) is 0 Å². The summed E-state index contributed by atoms with van der Waals surface area (Å²) in [6.45, 7) is 2.46. The monoisotopic (exact) mass is 194 g/mol. The lowest BCUT2D eigenvalue weighted by molar-refractivity contribution is 0.0955. The molecule has 0 aliphatic rings. The molecule has 0 aliphatic heterocycles. The number of carbonyl (C=O) groups excluding carboxylic acids is 1. The maximum atomic E-state index is 11.4. The van der Waals surface area contributed by atoms with E-state index < -0.39 is 0 Å². The molecule has 1 amide bonds. The Kier molecular flexibility index (Phi) is 3.34. The van der Waals surface area contributed by atoms with E-state index in [0.29, 0.717) is 23.5 Å². The standard InChI is InChI=1S/C10H14N2O2/c1-3-12-10(13)7-4-8(11)6-9(5-7)14-2/h4-6H,3,11H2,1-2H3,(H,12,13). The lowest BCUT2D eigenvalue weighted by atomic mass is 10.2. The summed E-state index contributed by atoms with van der Waals surface area (Å²) in [4.78, 5) is 11.4. The summed E-state index contributed by atoms with van der Waals surface area (Å²) < 4.78 is 5.00. The summed E-state index contributed by atoms with van der Waals surface area (Å²) in [7, 11) is 1.54. The van der Waals surface area contributed by atoms with E-state index >= 15 is 0 Å². The van der Waals surface area contributed by atoms with Crippen LogP contribution in [-0.4, -0.2) is 19.6 Å². The molecule has 76 valence electrons. The molecule has 1 aromatic carbocycles. The van der Waals surface area contributed by atoms with Crippen molar-refractivity contribution in [2.45, 2.75) is 6.92 Å². The molecule has 0 fully saturated rings. The molecule has 0 saturated carbocycles. The number of benzene rings is 1. The minimum absolute atomic E-state index is 0.141. The number of amides is 1. The van der Waals surface area contributed by atoms with E-state index in [1.807, 2.05) is 6.92 Å². The number of anilines is 1. The van der Waals surface area contributed by atoms with Gasteiger partial charge in [-0.15, -0.1) is 0 Å². The van der Waals surface area contributed by atoms with Crippen LogP contribution < -0.4 is 15.8 Å². The van der Waals surface area contributed by atoms with Crippen LogP contribution in [0, 0.1) is 0 Å². The minimum atomic E-state index is -0.141. The summed E-state index contributed by atoms with van der Waals surface area (Å²) in [5.74, 6) is 0.448. The van der Waals surface area contributed by atoms with Gasteiger partial charge in [0.25, 0.3) is 5.91 Å². The number of nitrogen functional groups attached to an aromatic ring is 1. The van der Waals surface area contributed by atoms with Gasteiger partial charge < -0.3 is 15.8 Å². The highest BCUT2D eigenvalue weighted by Gasteiger charge is 2.06. The third-order valence-corrected chi connectivity index (χ3v) is 1.76. The van der Waals surface area contributed by atoms with Gasteiger partial charge in [0.1, 0.15) is 5.75 Å². The highest BCUT2D eigenvalue weighted by Crippen LogP contribution is 2.18. The summed E-state index contributed by atoms with van der Waals surface area (Å²) in [5, 5.41) is 2.69. The van der Waals surface area contributed by atoms with Gasteiger partial charge in [-0.3, -0.25) is 4.79 Å². The van der Waals surface area contributed by atoms with E-state index in [4.69, 9.17) is 10.5 Å². The predicted molar refractivity (Wildman–Crippen MR) is 55.4 cm³/mol. The number of rotatable bonds is 3. The SMILES string of the molecule is CCNC(=O)c1cc(N)cc(OC)c1. The molecule has 0 aliphatic carbocycles. The second-order valence-electron chi connectivity index (χ2n) is 2.85. The fourth-order valence-corrected chi connectivity index (χ4v) is 1.13. The fourth-order valence-electron chi connectivity index (χ4n) is 1.13. The van der Waals surface area contributed by atoms with Crippen LogP contribution >= 0.6 is 0 Å². The van der Waals surface area contributed by atoms with Crippen LogP contribution in [0.3, 0.4) is 0 Å². The number of nitrogens with one attached hydrogen (secondary N) is 1. The van der Waals surface area contributed by atoms with E-state index in [-0.39, 0.29) is 5.91 Å². The molecule has 3 N–H and O–H groups in total. The van der Waals surface area contributed by atoms with Gasteiger partial charge in [0.2, 0.25) is 0 Å². The van der Waals surface area contributed by atoms with Crippen LogP contribution in [0.2, 0.25) is 0 Å². The molecule has 0 radical (unpaired) electrons. The summed E-state index contributed by atoms with van der Waals surface area (Å²) in [6, 6.07) is 4.94. The lowest BCUT2D eigenvalue weighted by Crippen LogP contribution is -2.22. The third kappa shape index (κ3) is 2.39. The maximum Gasteiger partial charge on any atom is 0.251 e. The van der Waals surface area contributed by atoms with Crippen molar-refractivity contribution in [3.05, 3.63) is 23.8 Å². The van der Waals surface area contributed by atoms with Crippen LogP contribution in [0.15, 0.2) is 18.2 Å². The molecule has 0 heterocycles. The maximum absolute atomic E-state index is 11.4. The molecule has 1 rings (SSSR count). The molecule has 14 heavy (non-hydrogen) atoms. The second-order valence-corrected chi connectivity index (χ2v) is 2.85. The normalized spacial score (nSPS) is 9.57. The Hall–Kier alpha value is -1.71. The first-order valence-corrected chi connectivity index (χ1v) is 4.40. The Morgan fingerprint density at radius 2 is 2.21 bits per heavy atom. The Bertz CT molecular complexity index is 337. The van der Waals surface area contributed by atoms with Gasteiger partial charge in [-0.2, -0.15) is 0 Å². The van der Waals surface area contributed by atoms with E-state index in [0.717, 1.165) is 0 Å². The van der Waals surface area contributed by atoms with Crippen molar-refractivity contribution in [3.8, 4) is 5.75 Å². The second kappa shape index (κ2) is 4.50. The van der Waals surface area contributed by atoms with Gasteiger partial charge in [0, 0.05) is 23.9 Å². The summed E-state index contributed by atoms with van der Waals surface area (Å²) >= 11 is 0. The van der Waals surface area contributed by atoms with Crippen LogP contribution in [0.1, 0.15) is 17.3 Å². The largest absolute Gasteiger partial charge is 0.497 e. The average Bonchev–Trinajstić information content (AvgIpc) is 2.17. The molecule has 1 aromatic rings. The molecular weight excluding hydrogens is 180 g/mol. The molecule has 0 unspecified atom stereocenters. The van der Waals surface area contributed by atoms with Crippen molar-refractivity contribution in [2.75, 3.05) is 19.4 Å². The zero-order valence-electron chi connectivity index (χ0n) is 8.33. The average molecular weight is 194 g/mol. The van der Waals surface area contributed by atoms with Gasteiger partial charge in [0.05, 0.1) is 7.11 Å². The zero-order chi connectivity index (χ0) is 10.6. The fraction of sp³-hybridized carbons (Fsp3) is 0.300. The molecule has 0 saturated heterocycles. The van der Waals surface area contributed by atoms with Crippen LogP contribution in [0.5, 0.6) is 5.75 Å². The number of hydrogen-bond acceptors (Lipinski definition) is 3. The van der Waals surface area contributed by atoms with Gasteiger partial charge in [0.15, 0.2) is 0 Å². The van der Waals surface area contributed by atoms with Crippen molar-refractivity contribution in [2.24, 2.45) is 0 Å². The molecule has 4 nitrogen and oxygen atoms in total. The summed E-state index contributed by atoms with van der Waals surface area (Å²) in [6.07, 6.45) is 0. The Balaban J connectivity index is 2.96. The predicted octanol–water partition coefficient (Wildman–Crippen LogP) is 1.03. The number of carbonyl (C=O) groups is 1. The van der Waals surface area contributed by atoms with Gasteiger partial charge in [-0.1, -0.05) is 0 Å². The Morgan fingerprint density at radius 3 is 2.79 bits per heavy atom. The third-order valence-electron chi connectivity index (χ3n) is 1.76. The first kappa shape index (κ1) is 10.4. The molecule has 0 spiro atoms. The van der Waals surface area contributed by atoms with E-state index in [2.05, 4.69) is 5.32 Å². The van der Waals surface area contributed by atoms with Crippen LogP contribution in [0.4, 0.5) is 5.69 Å². The topological polar surface area (TPSA) is 64.4 Å². The van der Waals surface area contributed by atoms with Crippen molar-refractivity contribution in [3.63, 3.8) is 0 Å². The number of methoxy groups -OCH3 is 1. The minimum Gasteiger partial charge on any atom is -0.497 e. The van der Waals surface area contributed by atoms with Crippen molar-refractivity contribution < 1.29 is 9.53 Å². The molecular formula is C10H14N2O2. The van der Waals surface area contributed by atoms with Gasteiger partial charge >= 0.3 is 0 Å². The number of nitrogens with two attached hydrogens (primary N) is 1. The molecule has 4 heteroatoms. The Labute approximate surface area is 83.1 Å². The summed E-state index contributed by atoms with van der Waals surface area (Å²) in [5.41, 5.74) is 6.65. The highest BCUT2D eigenvalue weighted by atomic mass is 16.5. The molecule has 0 aromatic heterocycles. The Morgan fingerprint density at radius 1 is 1.50 bits per heavy atom. The first-order chi connectivity index (χ1) is 6.67. The number of ether oxygens (including phenoxy) is 1. The van der Waals surface area contributed by atoms with Crippen LogP contribution in [-0.2, 0) is 0 Å². The van der Waals surface area contributed by atoms with E-state index in [1.54, 1.807) is 18.2 Å². The van der Waals surface area contributed by atoms with E-state index in [9.17, 15) is 4.79 Å². The quantitative estimate of drug-likeness (QED) is 0.706. The van der Waals surface area contributed by atoms with Gasteiger partial charge in [-0.05, 0) is 19.1 Å². The van der Waals surface area contributed by atoms with Crippen molar-refractivity contribution in [1.82, 2.24) is 5.32 Å². The lowest BCUT2D eigenvalue weighted by Gasteiger charge is -2.06. The highest BCUT2D eigenvalue weighted by molar-refractivity contribution is 5.95. The van der Waals surface area contributed by atoms with Gasteiger partial charge in [-0.25, -0.2) is 0 Å². The van der Waals surface area contributed by atoms with Crippen molar-refractivity contribution >= 4 is 11.6 Å².